The minimum Gasteiger partial charge on any atom is -0.271 e. The smallest absolute Gasteiger partial charge is 0.136 e. The fourth-order valence-electron chi connectivity index (χ4n) is 3.97. The van der Waals surface area contributed by atoms with Gasteiger partial charge < -0.3 is 0 Å². The van der Waals surface area contributed by atoms with Crippen LogP contribution >= 0.6 is 11.8 Å². The molecule has 2 bridgehead atoms. The normalized spacial score (nSPS) is 29.8. The maximum absolute atomic E-state index is 13.6. The number of hydrazine groups is 1. The summed E-state index contributed by atoms with van der Waals surface area (Å²) in [7, 11) is 0. The van der Waals surface area contributed by atoms with Gasteiger partial charge in [0.25, 0.3) is 0 Å². The summed E-state index contributed by atoms with van der Waals surface area (Å²) in [4.78, 5) is 0.723. The molecule has 4 unspecified atom stereocenters. The van der Waals surface area contributed by atoms with Crippen LogP contribution in [0.15, 0.2) is 29.2 Å². The fourth-order valence-corrected chi connectivity index (χ4v) is 4.96. The van der Waals surface area contributed by atoms with E-state index in [0.717, 1.165) is 34.8 Å². The Hall–Kier alpha value is -0.580. The maximum Gasteiger partial charge on any atom is 0.136 e. The van der Waals surface area contributed by atoms with Gasteiger partial charge in [-0.25, -0.2) is 4.39 Å². The number of fused-ring (bicyclic) bond motifs is 2. The molecule has 0 aromatic heterocycles. The van der Waals surface area contributed by atoms with Gasteiger partial charge in [0.05, 0.1) is 0 Å². The summed E-state index contributed by atoms with van der Waals surface area (Å²) in [5.74, 6) is 9.13. The SMILES string of the molecule is NNC(CSc1ccccc1F)CC1CC2CCC1C2. The van der Waals surface area contributed by atoms with E-state index in [9.17, 15) is 4.39 Å². The van der Waals surface area contributed by atoms with Crippen LogP contribution in [0, 0.1) is 23.6 Å². The summed E-state index contributed by atoms with van der Waals surface area (Å²) in [6.45, 7) is 0. The van der Waals surface area contributed by atoms with E-state index in [1.807, 2.05) is 12.1 Å². The van der Waals surface area contributed by atoms with Crippen LogP contribution in [-0.4, -0.2) is 11.8 Å². The predicted octanol–water partition coefficient (Wildman–Crippen LogP) is 3.58. The third-order valence-electron chi connectivity index (χ3n) is 4.98. The predicted molar refractivity (Wildman–Crippen MR) is 81.8 cm³/mol. The van der Waals surface area contributed by atoms with Gasteiger partial charge in [-0.1, -0.05) is 18.6 Å². The molecule has 2 aliphatic carbocycles. The molecule has 2 nitrogen and oxygen atoms in total. The standard InChI is InChI=1S/C16H23FN2S/c17-15-3-1-2-4-16(15)20-10-14(19-18)9-13-8-11-5-6-12(13)7-11/h1-4,11-14,19H,5-10,18H2. The molecule has 1 aromatic rings. The van der Waals surface area contributed by atoms with Crippen molar-refractivity contribution in [1.82, 2.24) is 5.43 Å². The van der Waals surface area contributed by atoms with Crippen molar-refractivity contribution in [1.29, 1.82) is 0 Å². The number of benzene rings is 1. The van der Waals surface area contributed by atoms with Crippen molar-refractivity contribution in [3.8, 4) is 0 Å². The summed E-state index contributed by atoms with van der Waals surface area (Å²) in [5, 5.41) is 0. The van der Waals surface area contributed by atoms with Crippen molar-refractivity contribution in [3.63, 3.8) is 0 Å². The molecule has 4 atom stereocenters. The third-order valence-corrected chi connectivity index (χ3v) is 6.20. The lowest BCUT2D eigenvalue weighted by Crippen LogP contribution is -2.39. The van der Waals surface area contributed by atoms with E-state index in [0.29, 0.717) is 0 Å². The van der Waals surface area contributed by atoms with Crippen LogP contribution in [0.2, 0.25) is 0 Å². The topological polar surface area (TPSA) is 38.0 Å². The molecule has 110 valence electrons. The van der Waals surface area contributed by atoms with Crippen LogP contribution in [0.5, 0.6) is 0 Å². The van der Waals surface area contributed by atoms with Crippen LogP contribution in [-0.2, 0) is 0 Å². The monoisotopic (exact) mass is 294 g/mol. The van der Waals surface area contributed by atoms with Crippen molar-refractivity contribution in [2.75, 3.05) is 5.75 Å². The molecule has 0 radical (unpaired) electrons. The van der Waals surface area contributed by atoms with Gasteiger partial charge in [-0.15, -0.1) is 11.8 Å². The minimum atomic E-state index is -0.131. The van der Waals surface area contributed by atoms with Gasteiger partial charge in [0.2, 0.25) is 0 Å². The molecule has 3 rings (SSSR count). The molecular weight excluding hydrogens is 271 g/mol. The van der Waals surface area contributed by atoms with E-state index in [4.69, 9.17) is 5.84 Å². The molecule has 1 aromatic carbocycles. The van der Waals surface area contributed by atoms with Crippen molar-refractivity contribution in [2.24, 2.45) is 23.6 Å². The molecule has 3 N–H and O–H groups in total. The first-order valence-electron chi connectivity index (χ1n) is 7.59. The third kappa shape index (κ3) is 3.18. The zero-order valence-corrected chi connectivity index (χ0v) is 12.5. The summed E-state index contributed by atoms with van der Waals surface area (Å²) >= 11 is 1.57. The van der Waals surface area contributed by atoms with Gasteiger partial charge in [0, 0.05) is 16.7 Å². The van der Waals surface area contributed by atoms with Crippen molar-refractivity contribution >= 4 is 11.8 Å². The molecule has 0 amide bonds. The fraction of sp³-hybridized carbons (Fsp3) is 0.625. The Labute approximate surface area is 124 Å². The molecule has 0 saturated heterocycles. The van der Waals surface area contributed by atoms with E-state index >= 15 is 0 Å². The molecule has 0 heterocycles. The number of nitrogens with two attached hydrogens (primary N) is 1. The van der Waals surface area contributed by atoms with Crippen LogP contribution in [0.25, 0.3) is 0 Å². The maximum atomic E-state index is 13.6. The van der Waals surface area contributed by atoms with Crippen molar-refractivity contribution in [3.05, 3.63) is 30.1 Å². The Bertz CT molecular complexity index is 454. The Kier molecular flexibility index (Phi) is 4.64. The number of hydrogen-bond acceptors (Lipinski definition) is 3. The lowest BCUT2D eigenvalue weighted by Gasteiger charge is -2.26. The number of halogens is 1. The van der Waals surface area contributed by atoms with E-state index < -0.39 is 0 Å². The molecule has 2 saturated carbocycles. The number of nitrogens with one attached hydrogen (secondary N) is 1. The summed E-state index contributed by atoms with van der Waals surface area (Å²) in [5.41, 5.74) is 2.93. The highest BCUT2D eigenvalue weighted by atomic mass is 32.2. The van der Waals surface area contributed by atoms with E-state index in [1.165, 1.54) is 31.7 Å². The van der Waals surface area contributed by atoms with Crippen molar-refractivity contribution in [2.45, 2.75) is 43.0 Å². The van der Waals surface area contributed by atoms with Crippen molar-refractivity contribution < 1.29 is 4.39 Å². The van der Waals surface area contributed by atoms with Gasteiger partial charge in [-0.2, -0.15) is 0 Å². The summed E-state index contributed by atoms with van der Waals surface area (Å²) in [6, 6.07) is 7.25. The van der Waals surface area contributed by atoms with Crippen LogP contribution in [0.4, 0.5) is 4.39 Å². The first-order chi connectivity index (χ1) is 9.76. The summed E-state index contributed by atoms with van der Waals surface area (Å²) < 4.78 is 13.6. The lowest BCUT2D eigenvalue weighted by molar-refractivity contribution is 0.286. The second-order valence-electron chi connectivity index (χ2n) is 6.28. The minimum absolute atomic E-state index is 0.131. The zero-order chi connectivity index (χ0) is 13.9. The summed E-state index contributed by atoms with van der Waals surface area (Å²) in [6.07, 6.45) is 6.80. The Morgan fingerprint density at radius 3 is 2.80 bits per heavy atom. The number of thioether (sulfide) groups is 1. The quantitative estimate of drug-likeness (QED) is 0.478. The first kappa shape index (κ1) is 14.4. The van der Waals surface area contributed by atoms with E-state index in [1.54, 1.807) is 17.8 Å². The largest absolute Gasteiger partial charge is 0.271 e. The van der Waals surface area contributed by atoms with Crippen LogP contribution in [0.3, 0.4) is 0 Å². The van der Waals surface area contributed by atoms with E-state index in [2.05, 4.69) is 5.43 Å². The average Bonchev–Trinajstić information content (AvgIpc) is 3.07. The van der Waals surface area contributed by atoms with E-state index in [-0.39, 0.29) is 11.9 Å². The highest BCUT2D eigenvalue weighted by Crippen LogP contribution is 2.50. The lowest BCUT2D eigenvalue weighted by atomic mass is 9.84. The van der Waals surface area contributed by atoms with Gasteiger partial charge in [0.1, 0.15) is 5.82 Å². The Morgan fingerprint density at radius 2 is 2.15 bits per heavy atom. The van der Waals surface area contributed by atoms with Crippen LogP contribution < -0.4 is 11.3 Å². The molecule has 2 fully saturated rings. The highest BCUT2D eigenvalue weighted by Gasteiger charge is 2.39. The second kappa shape index (κ2) is 6.46. The Balaban J connectivity index is 1.51. The average molecular weight is 294 g/mol. The molecule has 0 spiro atoms. The highest BCUT2D eigenvalue weighted by molar-refractivity contribution is 7.99. The molecule has 4 heteroatoms. The molecule has 2 aliphatic rings. The number of rotatable bonds is 6. The van der Waals surface area contributed by atoms with Gasteiger partial charge in [-0.3, -0.25) is 11.3 Å². The molecular formula is C16H23FN2S. The van der Waals surface area contributed by atoms with Gasteiger partial charge in [0.15, 0.2) is 0 Å². The van der Waals surface area contributed by atoms with Crippen LogP contribution in [0.1, 0.15) is 32.1 Å². The van der Waals surface area contributed by atoms with Gasteiger partial charge in [-0.05, 0) is 55.6 Å². The molecule has 0 aliphatic heterocycles. The number of hydrogen-bond donors (Lipinski definition) is 2. The Morgan fingerprint density at radius 1 is 1.30 bits per heavy atom. The van der Waals surface area contributed by atoms with Gasteiger partial charge >= 0.3 is 0 Å². The second-order valence-corrected chi connectivity index (χ2v) is 7.34. The molecule has 20 heavy (non-hydrogen) atoms. The zero-order valence-electron chi connectivity index (χ0n) is 11.7. The first-order valence-corrected chi connectivity index (χ1v) is 8.58.